The molecular formula is C14H20Br2N2O. The van der Waals surface area contributed by atoms with Gasteiger partial charge in [0, 0.05) is 27.6 Å². The third kappa shape index (κ3) is 6.06. The molecule has 1 aromatic rings. The number of likely N-dealkylation sites (N-methyl/N-ethyl adjacent to an activating group) is 1. The number of nitrogens with zero attached hydrogens (tertiary/aromatic N) is 1. The molecule has 0 aliphatic heterocycles. The van der Waals surface area contributed by atoms with Crippen LogP contribution in [0.3, 0.4) is 0 Å². The highest BCUT2D eigenvalue weighted by molar-refractivity contribution is 9.11. The number of amides is 1. The number of halogens is 2. The van der Waals surface area contributed by atoms with Gasteiger partial charge in [0.25, 0.3) is 5.91 Å². The summed E-state index contributed by atoms with van der Waals surface area (Å²) in [5.41, 5.74) is 0.666. The van der Waals surface area contributed by atoms with E-state index >= 15 is 0 Å². The van der Waals surface area contributed by atoms with Crippen molar-refractivity contribution in [3.8, 4) is 0 Å². The molecule has 1 aromatic carbocycles. The number of carbonyl (C=O) groups is 1. The van der Waals surface area contributed by atoms with Gasteiger partial charge in [-0.25, -0.2) is 0 Å². The van der Waals surface area contributed by atoms with Crippen LogP contribution in [0.5, 0.6) is 0 Å². The number of benzene rings is 1. The Morgan fingerprint density at radius 1 is 1.16 bits per heavy atom. The lowest BCUT2D eigenvalue weighted by Gasteiger charge is -2.19. The number of hydrogen-bond donors (Lipinski definition) is 1. The number of carbonyl (C=O) groups excluding carboxylic acids is 1. The summed E-state index contributed by atoms with van der Waals surface area (Å²) in [4.78, 5) is 14.3. The molecule has 0 aliphatic carbocycles. The van der Waals surface area contributed by atoms with Crippen molar-refractivity contribution in [2.45, 2.75) is 20.3 Å². The van der Waals surface area contributed by atoms with Crippen LogP contribution < -0.4 is 5.32 Å². The quantitative estimate of drug-likeness (QED) is 0.768. The van der Waals surface area contributed by atoms with Crippen LogP contribution in [0.2, 0.25) is 0 Å². The highest BCUT2D eigenvalue weighted by Gasteiger charge is 2.08. The van der Waals surface area contributed by atoms with Crippen molar-refractivity contribution >= 4 is 37.8 Å². The van der Waals surface area contributed by atoms with Gasteiger partial charge in [-0.05, 0) is 37.7 Å². The predicted molar refractivity (Wildman–Crippen MR) is 86.6 cm³/mol. The van der Waals surface area contributed by atoms with Crippen LogP contribution in [-0.4, -0.2) is 37.0 Å². The molecule has 0 radical (unpaired) electrons. The summed E-state index contributed by atoms with van der Waals surface area (Å²) in [6.07, 6.45) is 1.14. The molecule has 1 N–H and O–H groups in total. The Kier molecular flexibility index (Phi) is 7.64. The molecular weight excluding hydrogens is 372 g/mol. The lowest BCUT2D eigenvalue weighted by atomic mass is 10.2. The molecule has 5 heteroatoms. The van der Waals surface area contributed by atoms with Gasteiger partial charge in [0.1, 0.15) is 0 Å². The lowest BCUT2D eigenvalue weighted by molar-refractivity contribution is 0.0948. The Morgan fingerprint density at radius 2 is 1.79 bits per heavy atom. The first-order valence-electron chi connectivity index (χ1n) is 6.53. The molecule has 106 valence electrons. The first-order chi connectivity index (χ1) is 9.06. The van der Waals surface area contributed by atoms with Gasteiger partial charge in [-0.15, -0.1) is 0 Å². The maximum Gasteiger partial charge on any atom is 0.251 e. The van der Waals surface area contributed by atoms with E-state index in [1.165, 1.54) is 0 Å². The van der Waals surface area contributed by atoms with Crippen LogP contribution in [0, 0.1) is 0 Å². The molecule has 1 amide bonds. The average Bonchev–Trinajstić information content (AvgIpc) is 2.36. The molecule has 0 bridgehead atoms. The third-order valence-corrected chi connectivity index (χ3v) is 3.74. The zero-order valence-electron chi connectivity index (χ0n) is 11.4. The van der Waals surface area contributed by atoms with Crippen LogP contribution in [0.1, 0.15) is 30.6 Å². The van der Waals surface area contributed by atoms with Gasteiger partial charge in [-0.3, -0.25) is 4.79 Å². The molecule has 0 aromatic heterocycles. The van der Waals surface area contributed by atoms with E-state index in [1.54, 1.807) is 0 Å². The van der Waals surface area contributed by atoms with Crippen molar-refractivity contribution in [1.29, 1.82) is 0 Å². The van der Waals surface area contributed by atoms with E-state index in [2.05, 4.69) is 55.9 Å². The van der Waals surface area contributed by atoms with Crippen LogP contribution >= 0.6 is 31.9 Å². The van der Waals surface area contributed by atoms with Gasteiger partial charge in [0.05, 0.1) is 0 Å². The van der Waals surface area contributed by atoms with Crippen LogP contribution in [-0.2, 0) is 0 Å². The van der Waals surface area contributed by atoms with E-state index in [0.717, 1.165) is 35.0 Å². The summed E-state index contributed by atoms with van der Waals surface area (Å²) in [5.74, 6) is -0.0328. The van der Waals surface area contributed by atoms with Gasteiger partial charge in [-0.1, -0.05) is 45.7 Å². The normalized spacial score (nSPS) is 10.8. The summed E-state index contributed by atoms with van der Waals surface area (Å²) in [6.45, 7) is 7.98. The van der Waals surface area contributed by atoms with E-state index in [9.17, 15) is 4.79 Å². The Hall–Kier alpha value is -0.390. The largest absolute Gasteiger partial charge is 0.351 e. The Labute approximate surface area is 132 Å². The smallest absolute Gasteiger partial charge is 0.251 e. The van der Waals surface area contributed by atoms with Crippen LogP contribution in [0.25, 0.3) is 0 Å². The zero-order valence-corrected chi connectivity index (χ0v) is 14.6. The van der Waals surface area contributed by atoms with Gasteiger partial charge in [0.15, 0.2) is 0 Å². The van der Waals surface area contributed by atoms with Crippen molar-refractivity contribution in [1.82, 2.24) is 10.2 Å². The van der Waals surface area contributed by atoms with Crippen LogP contribution in [0.4, 0.5) is 0 Å². The zero-order chi connectivity index (χ0) is 14.3. The Bertz CT molecular complexity index is 404. The minimum atomic E-state index is -0.0328. The molecule has 0 saturated carbocycles. The SMILES string of the molecule is CCCN(CC)CCNC(=O)c1cc(Br)cc(Br)c1. The topological polar surface area (TPSA) is 32.3 Å². The molecule has 3 nitrogen and oxygen atoms in total. The minimum absolute atomic E-state index is 0.0328. The van der Waals surface area contributed by atoms with E-state index < -0.39 is 0 Å². The molecule has 0 fully saturated rings. The van der Waals surface area contributed by atoms with Gasteiger partial charge < -0.3 is 10.2 Å². The second kappa shape index (κ2) is 8.72. The molecule has 19 heavy (non-hydrogen) atoms. The Morgan fingerprint density at radius 3 is 2.32 bits per heavy atom. The molecule has 0 spiro atoms. The van der Waals surface area contributed by atoms with Crippen molar-refractivity contribution in [2.75, 3.05) is 26.2 Å². The van der Waals surface area contributed by atoms with Crippen molar-refractivity contribution < 1.29 is 4.79 Å². The molecule has 0 aliphatic rings. The molecule has 0 saturated heterocycles. The fourth-order valence-corrected chi connectivity index (χ4v) is 3.15. The number of rotatable bonds is 7. The minimum Gasteiger partial charge on any atom is -0.351 e. The average molecular weight is 392 g/mol. The fourth-order valence-electron chi connectivity index (χ4n) is 1.86. The maximum absolute atomic E-state index is 12.0. The first kappa shape index (κ1) is 16.7. The molecule has 0 unspecified atom stereocenters. The van der Waals surface area contributed by atoms with Crippen molar-refractivity contribution in [3.63, 3.8) is 0 Å². The van der Waals surface area contributed by atoms with E-state index in [-0.39, 0.29) is 5.91 Å². The fraction of sp³-hybridized carbons (Fsp3) is 0.500. The highest BCUT2D eigenvalue weighted by Crippen LogP contribution is 2.19. The number of hydrogen-bond acceptors (Lipinski definition) is 2. The summed E-state index contributed by atoms with van der Waals surface area (Å²) in [7, 11) is 0. The maximum atomic E-state index is 12.0. The standard InChI is InChI=1S/C14H20Br2N2O/c1-3-6-18(4-2)7-5-17-14(19)11-8-12(15)10-13(16)9-11/h8-10H,3-7H2,1-2H3,(H,17,19). The van der Waals surface area contributed by atoms with Crippen LogP contribution in [0.15, 0.2) is 27.1 Å². The van der Waals surface area contributed by atoms with E-state index in [1.807, 2.05) is 18.2 Å². The van der Waals surface area contributed by atoms with E-state index in [4.69, 9.17) is 0 Å². The molecule has 0 heterocycles. The highest BCUT2D eigenvalue weighted by atomic mass is 79.9. The number of nitrogens with one attached hydrogen (secondary N) is 1. The first-order valence-corrected chi connectivity index (χ1v) is 8.12. The molecule has 0 atom stereocenters. The second-order valence-corrected chi connectivity index (χ2v) is 6.18. The molecule has 1 rings (SSSR count). The summed E-state index contributed by atoms with van der Waals surface area (Å²) in [6, 6.07) is 5.56. The monoisotopic (exact) mass is 390 g/mol. The van der Waals surface area contributed by atoms with Crippen molar-refractivity contribution in [3.05, 3.63) is 32.7 Å². The third-order valence-electron chi connectivity index (χ3n) is 2.83. The van der Waals surface area contributed by atoms with E-state index in [0.29, 0.717) is 12.1 Å². The summed E-state index contributed by atoms with van der Waals surface area (Å²) >= 11 is 6.77. The summed E-state index contributed by atoms with van der Waals surface area (Å²) < 4.78 is 1.79. The lowest BCUT2D eigenvalue weighted by Crippen LogP contribution is -2.35. The summed E-state index contributed by atoms with van der Waals surface area (Å²) in [5, 5.41) is 2.95. The van der Waals surface area contributed by atoms with Gasteiger partial charge >= 0.3 is 0 Å². The van der Waals surface area contributed by atoms with Gasteiger partial charge in [-0.2, -0.15) is 0 Å². The second-order valence-electron chi connectivity index (χ2n) is 4.35. The van der Waals surface area contributed by atoms with Crippen molar-refractivity contribution in [2.24, 2.45) is 0 Å². The Balaban J connectivity index is 2.46. The predicted octanol–water partition coefficient (Wildman–Crippen LogP) is 3.67. The van der Waals surface area contributed by atoms with Gasteiger partial charge in [0.2, 0.25) is 0 Å².